The van der Waals surface area contributed by atoms with Crippen molar-refractivity contribution in [3.05, 3.63) is 0 Å². The molecule has 0 radical (unpaired) electrons. The Labute approximate surface area is 87.2 Å². The van der Waals surface area contributed by atoms with E-state index < -0.39 is 0 Å². The molecule has 0 rings (SSSR count). The van der Waals surface area contributed by atoms with Crippen molar-refractivity contribution in [2.75, 3.05) is 6.61 Å². The van der Waals surface area contributed by atoms with Crippen LogP contribution in [0, 0.1) is 5.92 Å². The zero-order chi connectivity index (χ0) is 11.1. The standard InChI is InChI=1S/C11H23NO2/c1-6-9(5)10(12-8(3)4)11(13)14-7-2/h8-10,12H,6-7H2,1-5H3. The third-order valence-corrected chi connectivity index (χ3v) is 2.27. The number of nitrogens with one attached hydrogen (secondary N) is 1. The first-order valence-corrected chi connectivity index (χ1v) is 5.45. The molecule has 1 N–H and O–H groups in total. The Kier molecular flexibility index (Phi) is 6.54. The van der Waals surface area contributed by atoms with E-state index in [1.165, 1.54) is 0 Å². The van der Waals surface area contributed by atoms with Crippen LogP contribution in [-0.4, -0.2) is 24.7 Å². The zero-order valence-corrected chi connectivity index (χ0v) is 9.96. The molecule has 0 spiro atoms. The van der Waals surface area contributed by atoms with Crippen molar-refractivity contribution in [1.29, 1.82) is 0 Å². The lowest BCUT2D eigenvalue weighted by Crippen LogP contribution is -2.46. The average molecular weight is 201 g/mol. The maximum Gasteiger partial charge on any atom is 0.323 e. The second-order valence-electron chi connectivity index (χ2n) is 3.94. The Bertz CT molecular complexity index is 169. The Hall–Kier alpha value is -0.570. The van der Waals surface area contributed by atoms with Gasteiger partial charge in [-0.15, -0.1) is 0 Å². The highest BCUT2D eigenvalue weighted by atomic mass is 16.5. The van der Waals surface area contributed by atoms with Crippen molar-refractivity contribution in [1.82, 2.24) is 5.32 Å². The number of rotatable bonds is 6. The maximum absolute atomic E-state index is 11.6. The summed E-state index contributed by atoms with van der Waals surface area (Å²) in [5.74, 6) is 0.187. The van der Waals surface area contributed by atoms with Gasteiger partial charge in [0.1, 0.15) is 6.04 Å². The van der Waals surface area contributed by atoms with Crippen LogP contribution in [-0.2, 0) is 9.53 Å². The molecule has 0 saturated heterocycles. The van der Waals surface area contributed by atoms with Crippen LogP contribution in [0.5, 0.6) is 0 Å². The van der Waals surface area contributed by atoms with Crippen molar-refractivity contribution in [3.8, 4) is 0 Å². The van der Waals surface area contributed by atoms with Gasteiger partial charge in [0.25, 0.3) is 0 Å². The molecule has 0 aliphatic heterocycles. The van der Waals surface area contributed by atoms with E-state index in [0.29, 0.717) is 18.6 Å². The minimum absolute atomic E-state index is 0.129. The molecule has 2 atom stereocenters. The fourth-order valence-electron chi connectivity index (χ4n) is 1.29. The molecule has 3 heteroatoms. The zero-order valence-electron chi connectivity index (χ0n) is 9.96. The molecule has 84 valence electrons. The van der Waals surface area contributed by atoms with Gasteiger partial charge in [0, 0.05) is 6.04 Å². The molecule has 2 unspecified atom stereocenters. The summed E-state index contributed by atoms with van der Waals surface area (Å²) < 4.78 is 5.03. The number of hydrogen-bond acceptors (Lipinski definition) is 3. The van der Waals surface area contributed by atoms with Gasteiger partial charge in [0.15, 0.2) is 0 Å². The third-order valence-electron chi connectivity index (χ3n) is 2.27. The second-order valence-corrected chi connectivity index (χ2v) is 3.94. The Balaban J connectivity index is 4.30. The lowest BCUT2D eigenvalue weighted by Gasteiger charge is -2.24. The van der Waals surface area contributed by atoms with Gasteiger partial charge in [0.2, 0.25) is 0 Å². The van der Waals surface area contributed by atoms with E-state index >= 15 is 0 Å². The van der Waals surface area contributed by atoms with Gasteiger partial charge in [0.05, 0.1) is 6.61 Å². The van der Waals surface area contributed by atoms with Crippen LogP contribution >= 0.6 is 0 Å². The summed E-state index contributed by atoms with van der Waals surface area (Å²) >= 11 is 0. The van der Waals surface area contributed by atoms with Gasteiger partial charge >= 0.3 is 5.97 Å². The highest BCUT2D eigenvalue weighted by Gasteiger charge is 2.25. The van der Waals surface area contributed by atoms with Gasteiger partial charge in [-0.2, -0.15) is 0 Å². The van der Waals surface area contributed by atoms with Crippen LogP contribution in [0.25, 0.3) is 0 Å². The Morgan fingerprint density at radius 3 is 2.21 bits per heavy atom. The van der Waals surface area contributed by atoms with Crippen LogP contribution in [0.4, 0.5) is 0 Å². The molecule has 0 aliphatic carbocycles. The summed E-state index contributed by atoms with van der Waals surface area (Å²) in [7, 11) is 0. The normalized spacial score (nSPS) is 15.3. The Morgan fingerprint density at radius 1 is 1.29 bits per heavy atom. The number of carbonyl (C=O) groups is 1. The van der Waals surface area contributed by atoms with E-state index in [9.17, 15) is 4.79 Å². The van der Waals surface area contributed by atoms with Gasteiger partial charge in [-0.1, -0.05) is 34.1 Å². The molecule has 0 aromatic heterocycles. The van der Waals surface area contributed by atoms with E-state index in [2.05, 4.69) is 19.2 Å². The first kappa shape index (κ1) is 13.4. The van der Waals surface area contributed by atoms with Crippen LogP contribution in [0.15, 0.2) is 0 Å². The highest BCUT2D eigenvalue weighted by molar-refractivity contribution is 5.76. The number of hydrogen-bond donors (Lipinski definition) is 1. The summed E-state index contributed by atoms with van der Waals surface area (Å²) in [6.07, 6.45) is 0.975. The highest BCUT2D eigenvalue weighted by Crippen LogP contribution is 2.10. The predicted octanol–water partition coefficient (Wildman–Crippen LogP) is 1.96. The van der Waals surface area contributed by atoms with E-state index in [1.807, 2.05) is 20.8 Å². The summed E-state index contributed by atoms with van der Waals surface area (Å²) in [4.78, 5) is 11.6. The topological polar surface area (TPSA) is 38.3 Å². The first-order chi connectivity index (χ1) is 6.52. The van der Waals surface area contributed by atoms with Crippen LogP contribution in [0.3, 0.4) is 0 Å². The SMILES string of the molecule is CCOC(=O)C(NC(C)C)C(C)CC. The van der Waals surface area contributed by atoms with E-state index in [4.69, 9.17) is 4.74 Å². The van der Waals surface area contributed by atoms with E-state index in [1.54, 1.807) is 0 Å². The van der Waals surface area contributed by atoms with Crippen LogP contribution in [0.1, 0.15) is 41.0 Å². The van der Waals surface area contributed by atoms with Gasteiger partial charge in [-0.25, -0.2) is 0 Å². The molecule has 0 aliphatic rings. The summed E-state index contributed by atoms with van der Waals surface area (Å²) in [5.41, 5.74) is 0. The summed E-state index contributed by atoms with van der Waals surface area (Å²) in [6, 6.07) is 0.137. The molecule has 0 aromatic rings. The van der Waals surface area contributed by atoms with Gasteiger partial charge in [-0.3, -0.25) is 4.79 Å². The molecule has 0 heterocycles. The largest absolute Gasteiger partial charge is 0.465 e. The van der Waals surface area contributed by atoms with Crippen molar-refractivity contribution in [3.63, 3.8) is 0 Å². The van der Waals surface area contributed by atoms with Crippen molar-refractivity contribution < 1.29 is 9.53 Å². The number of carbonyl (C=O) groups excluding carboxylic acids is 1. The maximum atomic E-state index is 11.6. The lowest BCUT2D eigenvalue weighted by atomic mass is 9.98. The van der Waals surface area contributed by atoms with Crippen molar-refractivity contribution >= 4 is 5.97 Å². The fourth-order valence-corrected chi connectivity index (χ4v) is 1.29. The summed E-state index contributed by atoms with van der Waals surface area (Å²) in [6.45, 7) is 10.5. The third kappa shape index (κ3) is 4.61. The number of ether oxygens (including phenoxy) is 1. The minimum Gasteiger partial charge on any atom is -0.465 e. The molecule has 0 aromatic carbocycles. The fraction of sp³-hybridized carbons (Fsp3) is 0.909. The van der Waals surface area contributed by atoms with Crippen molar-refractivity contribution in [2.24, 2.45) is 5.92 Å². The molecular weight excluding hydrogens is 178 g/mol. The van der Waals surface area contributed by atoms with Crippen LogP contribution < -0.4 is 5.32 Å². The molecule has 14 heavy (non-hydrogen) atoms. The Morgan fingerprint density at radius 2 is 1.86 bits per heavy atom. The molecule has 3 nitrogen and oxygen atoms in total. The number of esters is 1. The monoisotopic (exact) mass is 201 g/mol. The quantitative estimate of drug-likeness (QED) is 0.668. The summed E-state index contributed by atoms with van der Waals surface area (Å²) in [5, 5.41) is 3.24. The van der Waals surface area contributed by atoms with Crippen LogP contribution in [0.2, 0.25) is 0 Å². The molecular formula is C11H23NO2. The van der Waals surface area contributed by atoms with Gasteiger partial charge in [-0.05, 0) is 12.8 Å². The predicted molar refractivity (Wildman–Crippen MR) is 58.1 cm³/mol. The second kappa shape index (κ2) is 6.82. The smallest absolute Gasteiger partial charge is 0.323 e. The van der Waals surface area contributed by atoms with E-state index in [-0.39, 0.29) is 12.0 Å². The molecule has 0 fully saturated rings. The molecule has 0 amide bonds. The molecule has 0 bridgehead atoms. The average Bonchev–Trinajstić information content (AvgIpc) is 2.13. The van der Waals surface area contributed by atoms with E-state index in [0.717, 1.165) is 6.42 Å². The molecule has 0 saturated carbocycles. The lowest BCUT2D eigenvalue weighted by molar-refractivity contribution is -0.147. The first-order valence-electron chi connectivity index (χ1n) is 5.45. The van der Waals surface area contributed by atoms with Crippen molar-refractivity contribution in [2.45, 2.75) is 53.1 Å². The minimum atomic E-state index is -0.167. The van der Waals surface area contributed by atoms with Gasteiger partial charge < -0.3 is 10.1 Å².